The van der Waals surface area contributed by atoms with E-state index in [1.54, 1.807) is 18.2 Å². The van der Waals surface area contributed by atoms with Crippen LogP contribution < -0.4 is 0 Å². The maximum Gasteiger partial charge on any atom is 0.416 e. The first-order chi connectivity index (χ1) is 34.0. The number of nitrogens with zero attached hydrogens (tertiary/aromatic N) is 5. The fourth-order valence-corrected chi connectivity index (χ4v) is 9.64. The van der Waals surface area contributed by atoms with E-state index >= 15 is 0 Å². The highest BCUT2D eigenvalue weighted by Crippen LogP contribution is 2.44. The fourth-order valence-electron chi connectivity index (χ4n) is 9.64. The molecule has 0 N–H and O–H groups in total. The first-order valence-corrected chi connectivity index (χ1v) is 22.4. The highest BCUT2D eigenvalue weighted by Gasteiger charge is 2.37. The molecule has 12 aromatic rings. The van der Waals surface area contributed by atoms with E-state index in [9.17, 15) is 26.3 Å². The molecule has 0 unspecified atom stereocenters. The van der Waals surface area contributed by atoms with Gasteiger partial charge in [0.05, 0.1) is 38.9 Å². The third-order valence-electron chi connectivity index (χ3n) is 12.8. The van der Waals surface area contributed by atoms with Crippen molar-refractivity contribution in [2.24, 2.45) is 0 Å². The summed E-state index contributed by atoms with van der Waals surface area (Å²) in [6, 6.07) is 64.6. The lowest BCUT2D eigenvalue weighted by atomic mass is 9.97. The third kappa shape index (κ3) is 7.34. The Balaban J connectivity index is 1.15. The molecule has 0 saturated carbocycles. The molecular weight excluding hydrogens is 893 g/mol. The van der Waals surface area contributed by atoms with Crippen LogP contribution in [0.15, 0.2) is 212 Å². The maximum absolute atomic E-state index is 14.1. The number of hydrogen-bond acceptors (Lipinski definition) is 3. The van der Waals surface area contributed by atoms with Gasteiger partial charge < -0.3 is 9.13 Å². The zero-order chi connectivity index (χ0) is 47.7. The molecule has 0 aliphatic heterocycles. The van der Waals surface area contributed by atoms with Crippen LogP contribution in [0.1, 0.15) is 11.1 Å². The SMILES string of the molecule is FC(F)(F)c1cc(-c2ccc3c(c2)c2ccccc2n3-c2ccc(-c3cccc4c5ccccc5n(-c5ccccc5)c34)cc2-c2nc(-c3ccccc3)nc(-c3ccccc3)n2)cc(C(F)(F)F)c1. The molecule has 3 aromatic heterocycles. The van der Waals surface area contributed by atoms with Gasteiger partial charge in [-0.3, -0.25) is 0 Å². The largest absolute Gasteiger partial charge is 0.416 e. The van der Waals surface area contributed by atoms with Crippen molar-refractivity contribution in [1.82, 2.24) is 24.1 Å². The Labute approximate surface area is 396 Å². The van der Waals surface area contributed by atoms with Crippen molar-refractivity contribution in [3.63, 3.8) is 0 Å². The van der Waals surface area contributed by atoms with E-state index in [0.717, 1.165) is 72.8 Å². The number of benzene rings is 9. The Hall–Kier alpha value is -8.83. The van der Waals surface area contributed by atoms with Gasteiger partial charge in [-0.25, -0.2) is 15.0 Å². The summed E-state index contributed by atoms with van der Waals surface area (Å²) in [4.78, 5) is 15.4. The summed E-state index contributed by atoms with van der Waals surface area (Å²) in [7, 11) is 0. The Kier molecular flexibility index (Phi) is 9.99. The normalized spacial score (nSPS) is 12.1. The molecule has 12 rings (SSSR count). The predicted octanol–water partition coefficient (Wildman–Crippen LogP) is 16.4. The number of aromatic nitrogens is 5. The van der Waals surface area contributed by atoms with Gasteiger partial charge in [-0.2, -0.15) is 26.3 Å². The summed E-state index contributed by atoms with van der Waals surface area (Å²) in [5, 5.41) is 3.53. The molecule has 0 aliphatic carbocycles. The first-order valence-electron chi connectivity index (χ1n) is 22.4. The maximum atomic E-state index is 14.1. The van der Waals surface area contributed by atoms with E-state index in [0.29, 0.717) is 39.6 Å². The van der Waals surface area contributed by atoms with Crippen LogP contribution in [0.2, 0.25) is 0 Å². The van der Waals surface area contributed by atoms with Crippen LogP contribution in [-0.2, 0) is 12.4 Å². The standard InChI is InChI=1S/C59H35F6N5/c60-58(61,62)41-31-40(32-42(35-41)59(63,64)65)38-27-29-52-48(33-38)46-22-11-13-26-51(46)70(52)53-30-28-39(44-23-14-24-47-45-21-10-12-25-50(45)69(54(44)47)43-19-8-3-9-20-43)34-49(53)57-67-55(36-15-4-1-5-16-36)66-56(68-57)37-17-6-2-7-18-37/h1-35H. The number of hydrogen-bond donors (Lipinski definition) is 0. The minimum Gasteiger partial charge on any atom is -0.309 e. The Morgan fingerprint density at radius 1 is 0.314 bits per heavy atom. The van der Waals surface area contributed by atoms with E-state index in [1.165, 1.54) is 0 Å². The van der Waals surface area contributed by atoms with Crippen molar-refractivity contribution in [3.8, 4) is 67.8 Å². The summed E-state index contributed by atoms with van der Waals surface area (Å²) >= 11 is 0. The Bertz CT molecular complexity index is 3880. The number of rotatable bonds is 7. The second-order valence-corrected chi connectivity index (χ2v) is 17.0. The van der Waals surface area contributed by atoms with Gasteiger partial charge in [0, 0.05) is 49.5 Å². The van der Waals surface area contributed by atoms with Gasteiger partial charge >= 0.3 is 12.4 Å². The van der Waals surface area contributed by atoms with Crippen LogP contribution in [0, 0.1) is 0 Å². The van der Waals surface area contributed by atoms with Gasteiger partial charge in [-0.05, 0) is 83.4 Å². The van der Waals surface area contributed by atoms with Gasteiger partial charge in [0.25, 0.3) is 0 Å². The van der Waals surface area contributed by atoms with Gasteiger partial charge in [0.15, 0.2) is 17.5 Å². The van der Waals surface area contributed by atoms with Crippen LogP contribution in [0.3, 0.4) is 0 Å². The quantitative estimate of drug-likeness (QED) is 0.150. The summed E-state index contributed by atoms with van der Waals surface area (Å²) in [6.45, 7) is 0. The Morgan fingerprint density at radius 2 is 0.814 bits per heavy atom. The second kappa shape index (κ2) is 16.4. The summed E-state index contributed by atoms with van der Waals surface area (Å²) in [5.74, 6) is 1.29. The summed E-state index contributed by atoms with van der Waals surface area (Å²) in [6.07, 6.45) is -10.0. The smallest absolute Gasteiger partial charge is 0.309 e. The predicted molar refractivity (Wildman–Crippen MR) is 266 cm³/mol. The minimum absolute atomic E-state index is 0.147. The molecule has 0 spiro atoms. The minimum atomic E-state index is -5.00. The molecule has 9 aromatic carbocycles. The second-order valence-electron chi connectivity index (χ2n) is 17.0. The average molecular weight is 928 g/mol. The van der Waals surface area contributed by atoms with Gasteiger partial charge in [0.1, 0.15) is 0 Å². The molecule has 0 atom stereocenters. The summed E-state index contributed by atoms with van der Waals surface area (Å²) in [5.41, 5.74) is 6.41. The molecule has 0 aliphatic rings. The summed E-state index contributed by atoms with van der Waals surface area (Å²) < 4.78 is 88.9. The van der Waals surface area contributed by atoms with Crippen molar-refractivity contribution >= 4 is 43.6 Å². The molecule has 0 fully saturated rings. The highest BCUT2D eigenvalue weighted by molar-refractivity contribution is 6.14. The molecule has 338 valence electrons. The number of para-hydroxylation sites is 4. The average Bonchev–Trinajstić information content (AvgIpc) is 3.91. The van der Waals surface area contributed by atoms with Crippen molar-refractivity contribution < 1.29 is 26.3 Å². The van der Waals surface area contributed by atoms with E-state index in [4.69, 9.17) is 15.0 Å². The Morgan fingerprint density at radius 3 is 1.43 bits per heavy atom. The topological polar surface area (TPSA) is 48.5 Å². The molecule has 11 heteroatoms. The van der Waals surface area contributed by atoms with Crippen LogP contribution in [0.25, 0.3) is 111 Å². The molecular formula is C59H35F6N5. The van der Waals surface area contributed by atoms with Gasteiger partial charge in [-0.1, -0.05) is 146 Å². The number of fused-ring (bicyclic) bond motifs is 6. The van der Waals surface area contributed by atoms with Crippen LogP contribution in [-0.4, -0.2) is 24.1 Å². The van der Waals surface area contributed by atoms with Crippen LogP contribution in [0.5, 0.6) is 0 Å². The van der Waals surface area contributed by atoms with Crippen molar-refractivity contribution in [2.75, 3.05) is 0 Å². The lowest BCUT2D eigenvalue weighted by Crippen LogP contribution is -2.11. The number of alkyl halides is 6. The fraction of sp³-hybridized carbons (Fsp3) is 0.0339. The van der Waals surface area contributed by atoms with E-state index in [-0.39, 0.29) is 17.2 Å². The van der Waals surface area contributed by atoms with Crippen molar-refractivity contribution in [2.45, 2.75) is 12.4 Å². The van der Waals surface area contributed by atoms with E-state index < -0.39 is 23.5 Å². The van der Waals surface area contributed by atoms with Crippen LogP contribution in [0.4, 0.5) is 26.3 Å². The first kappa shape index (κ1) is 42.5. The van der Waals surface area contributed by atoms with E-state index in [2.05, 4.69) is 63.7 Å². The molecule has 3 heterocycles. The van der Waals surface area contributed by atoms with Crippen molar-refractivity contribution in [3.05, 3.63) is 223 Å². The van der Waals surface area contributed by atoms with E-state index in [1.807, 2.05) is 121 Å². The van der Waals surface area contributed by atoms with Crippen molar-refractivity contribution in [1.29, 1.82) is 0 Å². The van der Waals surface area contributed by atoms with Crippen LogP contribution >= 0.6 is 0 Å². The molecule has 70 heavy (non-hydrogen) atoms. The molecule has 0 radical (unpaired) electrons. The zero-order valence-electron chi connectivity index (χ0n) is 36.7. The molecule has 0 bridgehead atoms. The zero-order valence-corrected chi connectivity index (χ0v) is 36.7. The molecule has 0 amide bonds. The monoisotopic (exact) mass is 927 g/mol. The highest BCUT2D eigenvalue weighted by atomic mass is 19.4. The number of halogens is 6. The molecule has 0 saturated heterocycles. The third-order valence-corrected chi connectivity index (χ3v) is 12.8. The lowest BCUT2D eigenvalue weighted by Gasteiger charge is -2.17. The van der Waals surface area contributed by atoms with Gasteiger partial charge in [0.2, 0.25) is 0 Å². The lowest BCUT2D eigenvalue weighted by molar-refractivity contribution is -0.143. The molecule has 5 nitrogen and oxygen atoms in total. The van der Waals surface area contributed by atoms with Gasteiger partial charge in [-0.15, -0.1) is 0 Å².